The number of aromatic hydroxyl groups is 1. The molecule has 2 rings (SSSR count). The van der Waals surface area contributed by atoms with E-state index in [1.807, 2.05) is 7.05 Å². The molecule has 1 fully saturated rings. The van der Waals surface area contributed by atoms with Crippen molar-refractivity contribution < 1.29 is 15.0 Å². The number of aliphatic carboxylic acids is 1. The number of carboxylic acids is 1. The van der Waals surface area contributed by atoms with Gasteiger partial charge in [-0.05, 0) is 50.6 Å². The van der Waals surface area contributed by atoms with Gasteiger partial charge >= 0.3 is 5.97 Å². The van der Waals surface area contributed by atoms with E-state index in [1.165, 1.54) is 0 Å². The highest BCUT2D eigenvalue weighted by Gasteiger charge is 2.32. The smallest absolute Gasteiger partial charge is 0.308 e. The fourth-order valence-corrected chi connectivity index (χ4v) is 2.88. The van der Waals surface area contributed by atoms with E-state index >= 15 is 0 Å². The Hall–Kier alpha value is -1.55. The van der Waals surface area contributed by atoms with Crippen LogP contribution in [0, 0.1) is 5.92 Å². The van der Waals surface area contributed by atoms with Crippen molar-refractivity contribution in [3.8, 4) is 5.75 Å². The van der Waals surface area contributed by atoms with Crippen LogP contribution in [0.2, 0.25) is 0 Å². The van der Waals surface area contributed by atoms with E-state index in [1.54, 1.807) is 24.3 Å². The molecule has 1 aromatic rings. The number of rotatable bonds is 4. The van der Waals surface area contributed by atoms with Gasteiger partial charge in [0.1, 0.15) is 5.75 Å². The largest absolute Gasteiger partial charge is 0.508 e. The topological polar surface area (TPSA) is 60.8 Å². The number of piperidine rings is 1. The summed E-state index contributed by atoms with van der Waals surface area (Å²) in [6.07, 6.45) is 3.73. The lowest BCUT2D eigenvalue weighted by atomic mass is 9.86. The third kappa shape index (κ3) is 3.47. The Morgan fingerprint density at radius 3 is 2.63 bits per heavy atom. The summed E-state index contributed by atoms with van der Waals surface area (Å²) in [6, 6.07) is 6.93. The molecule has 0 bridgehead atoms. The molecule has 1 aromatic carbocycles. The van der Waals surface area contributed by atoms with Crippen molar-refractivity contribution in [3.63, 3.8) is 0 Å². The van der Waals surface area contributed by atoms with Crippen molar-refractivity contribution in [2.75, 3.05) is 13.6 Å². The number of carbonyl (C=O) groups is 1. The number of phenolic OH excluding ortho intramolecular Hbond substituents is 1. The molecule has 0 saturated carbocycles. The molecular formula is C15H21NO3. The molecule has 0 radical (unpaired) electrons. The van der Waals surface area contributed by atoms with Gasteiger partial charge in [0.05, 0.1) is 5.92 Å². The van der Waals surface area contributed by atoms with Crippen LogP contribution in [0.25, 0.3) is 0 Å². The van der Waals surface area contributed by atoms with Crippen LogP contribution >= 0.6 is 0 Å². The maximum atomic E-state index is 11.5. The van der Waals surface area contributed by atoms with Crippen LogP contribution in [0.1, 0.15) is 24.8 Å². The second-order valence-corrected chi connectivity index (χ2v) is 5.36. The van der Waals surface area contributed by atoms with E-state index in [2.05, 4.69) is 4.90 Å². The first kappa shape index (κ1) is 13.9. The summed E-state index contributed by atoms with van der Waals surface area (Å²) in [5, 5.41) is 18.7. The molecule has 104 valence electrons. The van der Waals surface area contributed by atoms with E-state index in [0.29, 0.717) is 6.42 Å². The van der Waals surface area contributed by atoms with Crippen LogP contribution in [0.4, 0.5) is 0 Å². The predicted molar refractivity (Wildman–Crippen MR) is 73.2 cm³/mol. The minimum absolute atomic E-state index is 0.111. The number of nitrogens with zero attached hydrogens (tertiary/aromatic N) is 1. The lowest BCUT2D eigenvalue weighted by Crippen LogP contribution is -2.45. The second kappa shape index (κ2) is 6.06. The SMILES string of the molecule is CN1CCCC[C@@H]1[C@@H](Cc1ccc(O)cc1)C(=O)O. The summed E-state index contributed by atoms with van der Waals surface area (Å²) in [5.74, 6) is -0.896. The molecule has 0 aliphatic carbocycles. The van der Waals surface area contributed by atoms with Crippen LogP contribution in [0.3, 0.4) is 0 Å². The van der Waals surface area contributed by atoms with Crippen molar-refractivity contribution >= 4 is 5.97 Å². The average molecular weight is 263 g/mol. The van der Waals surface area contributed by atoms with E-state index in [4.69, 9.17) is 0 Å². The summed E-state index contributed by atoms with van der Waals surface area (Å²) in [5.41, 5.74) is 0.962. The number of benzene rings is 1. The quantitative estimate of drug-likeness (QED) is 0.873. The number of likely N-dealkylation sites (tertiary alicyclic amines) is 1. The maximum Gasteiger partial charge on any atom is 0.308 e. The lowest BCUT2D eigenvalue weighted by Gasteiger charge is -2.36. The van der Waals surface area contributed by atoms with Gasteiger partial charge in [0.15, 0.2) is 0 Å². The fraction of sp³-hybridized carbons (Fsp3) is 0.533. The molecule has 4 nitrogen and oxygen atoms in total. The van der Waals surface area contributed by atoms with Gasteiger partial charge in [0, 0.05) is 6.04 Å². The molecular weight excluding hydrogens is 242 g/mol. The van der Waals surface area contributed by atoms with Gasteiger partial charge < -0.3 is 15.1 Å². The van der Waals surface area contributed by atoms with E-state index < -0.39 is 5.97 Å². The first-order valence-corrected chi connectivity index (χ1v) is 6.79. The third-order valence-electron chi connectivity index (χ3n) is 4.00. The number of hydrogen-bond donors (Lipinski definition) is 2. The minimum Gasteiger partial charge on any atom is -0.508 e. The van der Waals surface area contributed by atoms with Crippen molar-refractivity contribution in [3.05, 3.63) is 29.8 Å². The summed E-state index contributed by atoms with van der Waals surface area (Å²) < 4.78 is 0. The zero-order valence-corrected chi connectivity index (χ0v) is 11.2. The zero-order valence-electron chi connectivity index (χ0n) is 11.2. The summed E-state index contributed by atoms with van der Waals surface area (Å²) >= 11 is 0. The number of carboxylic acid groups (broad SMARTS) is 1. The maximum absolute atomic E-state index is 11.5. The second-order valence-electron chi connectivity index (χ2n) is 5.36. The molecule has 1 saturated heterocycles. The molecule has 0 unspecified atom stereocenters. The number of phenols is 1. The van der Waals surface area contributed by atoms with Crippen LogP contribution in [-0.4, -0.2) is 40.7 Å². The normalized spacial score (nSPS) is 22.1. The Bertz CT molecular complexity index is 430. The first-order valence-electron chi connectivity index (χ1n) is 6.79. The highest BCUT2D eigenvalue weighted by Crippen LogP contribution is 2.25. The molecule has 19 heavy (non-hydrogen) atoms. The van der Waals surface area contributed by atoms with Crippen LogP contribution in [0.5, 0.6) is 5.75 Å². The fourth-order valence-electron chi connectivity index (χ4n) is 2.88. The molecule has 0 spiro atoms. The molecule has 0 amide bonds. The van der Waals surface area contributed by atoms with Crippen molar-refractivity contribution in [2.45, 2.75) is 31.7 Å². The number of hydrogen-bond acceptors (Lipinski definition) is 3. The monoisotopic (exact) mass is 263 g/mol. The first-order chi connectivity index (χ1) is 9.08. The minimum atomic E-state index is -0.730. The predicted octanol–water partition coefficient (Wildman–Crippen LogP) is 2.12. The van der Waals surface area contributed by atoms with Gasteiger partial charge in [-0.1, -0.05) is 18.6 Å². The Morgan fingerprint density at radius 1 is 1.37 bits per heavy atom. The van der Waals surface area contributed by atoms with E-state index in [-0.39, 0.29) is 17.7 Å². The lowest BCUT2D eigenvalue weighted by molar-refractivity contribution is -0.144. The Kier molecular flexibility index (Phi) is 4.43. The molecule has 2 atom stereocenters. The van der Waals surface area contributed by atoms with Crippen LogP contribution in [-0.2, 0) is 11.2 Å². The van der Waals surface area contributed by atoms with Gasteiger partial charge in [-0.3, -0.25) is 4.79 Å². The van der Waals surface area contributed by atoms with Gasteiger partial charge in [-0.2, -0.15) is 0 Å². The Morgan fingerprint density at radius 2 is 2.05 bits per heavy atom. The summed E-state index contributed by atoms with van der Waals surface area (Å²) in [6.45, 7) is 0.976. The van der Waals surface area contributed by atoms with Gasteiger partial charge in [-0.25, -0.2) is 0 Å². The van der Waals surface area contributed by atoms with Gasteiger partial charge in [-0.15, -0.1) is 0 Å². The van der Waals surface area contributed by atoms with Crippen molar-refractivity contribution in [1.82, 2.24) is 4.90 Å². The highest BCUT2D eigenvalue weighted by atomic mass is 16.4. The van der Waals surface area contributed by atoms with E-state index in [9.17, 15) is 15.0 Å². The average Bonchev–Trinajstić information content (AvgIpc) is 2.39. The van der Waals surface area contributed by atoms with Crippen molar-refractivity contribution in [1.29, 1.82) is 0 Å². The molecule has 1 heterocycles. The Labute approximate surface area is 113 Å². The van der Waals surface area contributed by atoms with Gasteiger partial charge in [0.2, 0.25) is 0 Å². The molecule has 4 heteroatoms. The molecule has 1 aliphatic rings. The van der Waals surface area contributed by atoms with Gasteiger partial charge in [0.25, 0.3) is 0 Å². The third-order valence-corrected chi connectivity index (χ3v) is 4.00. The Balaban J connectivity index is 2.11. The molecule has 1 aliphatic heterocycles. The van der Waals surface area contributed by atoms with E-state index in [0.717, 1.165) is 31.4 Å². The molecule has 2 N–H and O–H groups in total. The van der Waals surface area contributed by atoms with Crippen LogP contribution in [0.15, 0.2) is 24.3 Å². The van der Waals surface area contributed by atoms with Crippen LogP contribution < -0.4 is 0 Å². The molecule has 0 aromatic heterocycles. The standard InChI is InChI=1S/C15H21NO3/c1-16-9-3-2-4-14(16)13(15(18)19)10-11-5-7-12(17)8-6-11/h5-8,13-14,17H,2-4,9-10H2,1H3,(H,18,19)/t13-,14-/m1/s1. The highest BCUT2D eigenvalue weighted by molar-refractivity contribution is 5.71. The summed E-state index contributed by atoms with van der Waals surface area (Å²) in [7, 11) is 2.01. The van der Waals surface area contributed by atoms with Crippen molar-refractivity contribution in [2.24, 2.45) is 5.92 Å². The summed E-state index contributed by atoms with van der Waals surface area (Å²) in [4.78, 5) is 13.7. The zero-order chi connectivity index (χ0) is 13.8.